The van der Waals surface area contributed by atoms with Gasteiger partial charge in [-0.05, 0) is 61.4 Å². The first-order valence-corrected chi connectivity index (χ1v) is 9.96. The summed E-state index contributed by atoms with van der Waals surface area (Å²) >= 11 is 0. The van der Waals surface area contributed by atoms with Gasteiger partial charge in [-0.25, -0.2) is 4.98 Å². The summed E-state index contributed by atoms with van der Waals surface area (Å²) < 4.78 is 0. The van der Waals surface area contributed by atoms with E-state index in [9.17, 15) is 4.79 Å². The SMILES string of the molecule is Cc1cccc(N2CCN(C(=O)c3ccc(-c4ccc(N)nc4C)cc3)CC2)c1. The molecule has 0 saturated carbocycles. The summed E-state index contributed by atoms with van der Waals surface area (Å²) in [5.41, 5.74) is 11.9. The van der Waals surface area contributed by atoms with Gasteiger partial charge in [-0.15, -0.1) is 0 Å². The molecule has 0 radical (unpaired) electrons. The zero-order chi connectivity index (χ0) is 20.4. The van der Waals surface area contributed by atoms with Crippen molar-refractivity contribution < 1.29 is 4.79 Å². The van der Waals surface area contributed by atoms with Gasteiger partial charge in [0.2, 0.25) is 0 Å². The van der Waals surface area contributed by atoms with Crippen LogP contribution in [0.25, 0.3) is 11.1 Å². The zero-order valence-corrected chi connectivity index (χ0v) is 16.9. The number of nitrogens with zero attached hydrogens (tertiary/aromatic N) is 3. The van der Waals surface area contributed by atoms with Gasteiger partial charge in [0.15, 0.2) is 0 Å². The van der Waals surface area contributed by atoms with Crippen LogP contribution in [-0.2, 0) is 0 Å². The van der Waals surface area contributed by atoms with Gasteiger partial charge >= 0.3 is 0 Å². The molecule has 0 spiro atoms. The third-order valence-corrected chi connectivity index (χ3v) is 5.48. The number of benzene rings is 2. The molecule has 1 aliphatic rings. The van der Waals surface area contributed by atoms with Crippen molar-refractivity contribution >= 4 is 17.4 Å². The van der Waals surface area contributed by atoms with E-state index in [0.717, 1.165) is 48.6 Å². The van der Waals surface area contributed by atoms with Crippen LogP contribution in [0.3, 0.4) is 0 Å². The van der Waals surface area contributed by atoms with Crippen molar-refractivity contribution in [3.63, 3.8) is 0 Å². The Morgan fingerprint density at radius 2 is 1.66 bits per heavy atom. The summed E-state index contributed by atoms with van der Waals surface area (Å²) in [7, 11) is 0. The summed E-state index contributed by atoms with van der Waals surface area (Å²) in [5.74, 6) is 0.607. The zero-order valence-electron chi connectivity index (χ0n) is 16.9. The summed E-state index contributed by atoms with van der Waals surface area (Å²) in [6, 6.07) is 20.1. The Hall–Kier alpha value is -3.34. The first-order chi connectivity index (χ1) is 14.0. The van der Waals surface area contributed by atoms with Crippen LogP contribution in [0.2, 0.25) is 0 Å². The quantitative estimate of drug-likeness (QED) is 0.741. The molecule has 0 unspecified atom stereocenters. The van der Waals surface area contributed by atoms with Gasteiger partial charge in [-0.1, -0.05) is 24.3 Å². The summed E-state index contributed by atoms with van der Waals surface area (Å²) in [5, 5.41) is 0. The van der Waals surface area contributed by atoms with Crippen LogP contribution >= 0.6 is 0 Å². The molecule has 2 N–H and O–H groups in total. The average molecular weight is 386 g/mol. The molecule has 1 aliphatic heterocycles. The first kappa shape index (κ1) is 19.0. The smallest absolute Gasteiger partial charge is 0.253 e. The summed E-state index contributed by atoms with van der Waals surface area (Å²) in [6.07, 6.45) is 0. The molecule has 0 bridgehead atoms. The molecule has 1 fully saturated rings. The van der Waals surface area contributed by atoms with Crippen LogP contribution < -0.4 is 10.6 Å². The molecule has 1 aromatic heterocycles. The van der Waals surface area contributed by atoms with E-state index in [1.165, 1.54) is 11.3 Å². The van der Waals surface area contributed by atoms with E-state index in [0.29, 0.717) is 5.82 Å². The third-order valence-electron chi connectivity index (χ3n) is 5.48. The van der Waals surface area contributed by atoms with E-state index in [1.807, 2.05) is 42.2 Å². The van der Waals surface area contributed by atoms with Gasteiger partial charge in [0, 0.05) is 48.7 Å². The van der Waals surface area contributed by atoms with Crippen molar-refractivity contribution in [3.05, 3.63) is 77.5 Å². The molecule has 0 aliphatic carbocycles. The van der Waals surface area contributed by atoms with Crippen LogP contribution in [0.15, 0.2) is 60.7 Å². The maximum absolute atomic E-state index is 12.9. The van der Waals surface area contributed by atoms with Crippen molar-refractivity contribution in [2.75, 3.05) is 36.8 Å². The highest BCUT2D eigenvalue weighted by atomic mass is 16.2. The second kappa shape index (κ2) is 7.95. The van der Waals surface area contributed by atoms with E-state index in [4.69, 9.17) is 5.73 Å². The number of amides is 1. The van der Waals surface area contributed by atoms with Crippen molar-refractivity contribution in [2.45, 2.75) is 13.8 Å². The topological polar surface area (TPSA) is 62.5 Å². The molecule has 1 amide bonds. The first-order valence-electron chi connectivity index (χ1n) is 9.96. The largest absolute Gasteiger partial charge is 0.384 e. The van der Waals surface area contributed by atoms with Crippen molar-refractivity contribution in [1.82, 2.24) is 9.88 Å². The molecule has 5 nitrogen and oxygen atoms in total. The number of aryl methyl sites for hydroxylation is 2. The molecular formula is C24H26N4O. The normalized spacial score (nSPS) is 14.1. The standard InChI is InChI=1S/C24H26N4O/c1-17-4-3-5-21(16-17)27-12-14-28(15-13-27)24(29)20-8-6-19(7-9-20)22-10-11-23(25)26-18(22)2/h3-11,16H,12-15H2,1-2H3,(H2,25,26). The molecule has 1 saturated heterocycles. The minimum atomic E-state index is 0.0904. The molecular weight excluding hydrogens is 360 g/mol. The number of pyridine rings is 1. The minimum Gasteiger partial charge on any atom is -0.384 e. The lowest BCUT2D eigenvalue weighted by Gasteiger charge is -2.36. The number of anilines is 2. The van der Waals surface area contributed by atoms with Gasteiger partial charge in [0.05, 0.1) is 0 Å². The van der Waals surface area contributed by atoms with E-state index >= 15 is 0 Å². The molecule has 148 valence electrons. The molecule has 5 heteroatoms. The predicted molar refractivity (Wildman–Crippen MR) is 118 cm³/mol. The molecule has 2 heterocycles. The van der Waals surface area contributed by atoms with Crippen molar-refractivity contribution in [2.24, 2.45) is 0 Å². The predicted octanol–water partition coefficient (Wildman–Crippen LogP) is 3.91. The molecule has 4 rings (SSSR count). The highest BCUT2D eigenvalue weighted by molar-refractivity contribution is 5.95. The fourth-order valence-corrected chi connectivity index (χ4v) is 3.85. The Kier molecular flexibility index (Phi) is 5.21. The second-order valence-electron chi connectivity index (χ2n) is 7.56. The lowest BCUT2D eigenvalue weighted by Crippen LogP contribution is -2.48. The van der Waals surface area contributed by atoms with Crippen molar-refractivity contribution in [3.8, 4) is 11.1 Å². The monoisotopic (exact) mass is 386 g/mol. The lowest BCUT2D eigenvalue weighted by atomic mass is 10.0. The number of rotatable bonds is 3. The van der Waals surface area contributed by atoms with Gasteiger partial charge in [0.1, 0.15) is 5.82 Å². The Bertz CT molecular complexity index is 1020. The molecule has 29 heavy (non-hydrogen) atoms. The third kappa shape index (κ3) is 4.09. The lowest BCUT2D eigenvalue weighted by molar-refractivity contribution is 0.0747. The number of carbonyl (C=O) groups is 1. The summed E-state index contributed by atoms with van der Waals surface area (Å²) in [4.78, 5) is 21.5. The van der Waals surface area contributed by atoms with Gasteiger partial charge in [-0.2, -0.15) is 0 Å². The Morgan fingerprint density at radius 3 is 2.31 bits per heavy atom. The van der Waals surface area contributed by atoms with Gasteiger partial charge in [0.25, 0.3) is 5.91 Å². The van der Waals surface area contributed by atoms with Crippen LogP contribution in [-0.4, -0.2) is 42.0 Å². The van der Waals surface area contributed by atoms with E-state index in [-0.39, 0.29) is 5.91 Å². The van der Waals surface area contributed by atoms with Crippen LogP contribution in [0.4, 0.5) is 11.5 Å². The molecule has 2 aromatic carbocycles. The minimum absolute atomic E-state index is 0.0904. The number of aromatic nitrogens is 1. The maximum Gasteiger partial charge on any atom is 0.253 e. The van der Waals surface area contributed by atoms with Gasteiger partial charge in [-0.3, -0.25) is 4.79 Å². The Morgan fingerprint density at radius 1 is 0.931 bits per heavy atom. The molecule has 3 aromatic rings. The second-order valence-corrected chi connectivity index (χ2v) is 7.56. The number of piperazine rings is 1. The highest BCUT2D eigenvalue weighted by Crippen LogP contribution is 2.24. The van der Waals surface area contributed by atoms with Crippen LogP contribution in [0.5, 0.6) is 0 Å². The fraction of sp³-hybridized carbons (Fsp3) is 0.250. The van der Waals surface area contributed by atoms with Crippen molar-refractivity contribution in [1.29, 1.82) is 0 Å². The number of nitrogens with two attached hydrogens (primary N) is 1. The van der Waals surface area contributed by atoms with Gasteiger partial charge < -0.3 is 15.5 Å². The van der Waals surface area contributed by atoms with E-state index < -0.39 is 0 Å². The van der Waals surface area contributed by atoms with Crippen LogP contribution in [0.1, 0.15) is 21.6 Å². The number of hydrogen-bond donors (Lipinski definition) is 1. The van der Waals surface area contributed by atoms with E-state index in [1.54, 1.807) is 6.07 Å². The van der Waals surface area contributed by atoms with E-state index in [2.05, 4.69) is 41.1 Å². The fourth-order valence-electron chi connectivity index (χ4n) is 3.85. The molecule has 0 atom stereocenters. The number of carbonyl (C=O) groups excluding carboxylic acids is 1. The Labute approximate surface area is 171 Å². The summed E-state index contributed by atoms with van der Waals surface area (Å²) in [6.45, 7) is 7.21. The maximum atomic E-state index is 12.9. The Balaban J connectivity index is 1.42. The number of hydrogen-bond acceptors (Lipinski definition) is 4. The highest BCUT2D eigenvalue weighted by Gasteiger charge is 2.22. The number of nitrogen functional groups attached to an aromatic ring is 1. The average Bonchev–Trinajstić information content (AvgIpc) is 2.74. The van der Waals surface area contributed by atoms with Crippen LogP contribution in [0, 0.1) is 13.8 Å².